The summed E-state index contributed by atoms with van der Waals surface area (Å²) in [5.41, 5.74) is -0.789. The summed E-state index contributed by atoms with van der Waals surface area (Å²) in [5, 5.41) is 30.1. The minimum absolute atomic E-state index is 0.212. The summed E-state index contributed by atoms with van der Waals surface area (Å²) in [5.74, 6) is -1.45. The van der Waals surface area contributed by atoms with Crippen molar-refractivity contribution in [2.45, 2.75) is 38.8 Å². The van der Waals surface area contributed by atoms with Crippen LogP contribution in [0.5, 0.6) is 0 Å². The van der Waals surface area contributed by atoms with Crippen LogP contribution in [0, 0.1) is 5.92 Å². The fraction of sp³-hybridized carbons (Fsp3) is 0.900. The fourth-order valence-corrected chi connectivity index (χ4v) is 1.29. The molecule has 90 valence electrons. The molecule has 0 spiro atoms. The molecule has 0 saturated heterocycles. The zero-order chi connectivity index (χ0) is 12.1. The van der Waals surface area contributed by atoms with E-state index in [1.54, 1.807) is 13.8 Å². The SMILES string of the molecule is CCC(CO)(CO)NC(C)C(C)C(=O)O. The van der Waals surface area contributed by atoms with Crippen molar-refractivity contribution in [2.24, 2.45) is 5.92 Å². The van der Waals surface area contributed by atoms with E-state index in [1.807, 2.05) is 6.92 Å². The highest BCUT2D eigenvalue weighted by atomic mass is 16.4. The number of nitrogens with one attached hydrogen (secondary N) is 1. The number of rotatable bonds is 7. The Kier molecular flexibility index (Phi) is 5.79. The summed E-state index contributed by atoms with van der Waals surface area (Å²) in [6.45, 7) is 4.73. The van der Waals surface area contributed by atoms with Gasteiger partial charge in [0.15, 0.2) is 0 Å². The number of carboxylic acids is 1. The van der Waals surface area contributed by atoms with Gasteiger partial charge in [0.25, 0.3) is 0 Å². The van der Waals surface area contributed by atoms with Crippen molar-refractivity contribution < 1.29 is 20.1 Å². The molecule has 0 aliphatic heterocycles. The van der Waals surface area contributed by atoms with Gasteiger partial charge in [-0.1, -0.05) is 13.8 Å². The Balaban J connectivity index is 4.47. The van der Waals surface area contributed by atoms with E-state index in [4.69, 9.17) is 5.11 Å². The van der Waals surface area contributed by atoms with Crippen molar-refractivity contribution in [3.63, 3.8) is 0 Å². The summed E-state index contributed by atoms with van der Waals surface area (Å²) in [4.78, 5) is 10.7. The van der Waals surface area contributed by atoms with Gasteiger partial charge >= 0.3 is 5.97 Å². The summed E-state index contributed by atoms with van der Waals surface area (Å²) < 4.78 is 0. The van der Waals surface area contributed by atoms with Crippen molar-refractivity contribution in [1.29, 1.82) is 0 Å². The normalized spacial score (nSPS) is 16.1. The van der Waals surface area contributed by atoms with Gasteiger partial charge in [0.1, 0.15) is 0 Å². The summed E-state index contributed by atoms with van der Waals surface area (Å²) in [6.07, 6.45) is 0.538. The highest BCUT2D eigenvalue weighted by Gasteiger charge is 2.31. The van der Waals surface area contributed by atoms with Crippen molar-refractivity contribution in [1.82, 2.24) is 5.32 Å². The standard InChI is InChI=1S/C10H21NO4/c1-4-10(5-12,6-13)11-8(3)7(2)9(14)15/h7-8,11-13H,4-6H2,1-3H3,(H,14,15). The molecule has 2 atom stereocenters. The largest absolute Gasteiger partial charge is 0.481 e. The van der Waals surface area contributed by atoms with E-state index in [2.05, 4.69) is 5.32 Å². The number of hydrogen-bond donors (Lipinski definition) is 4. The number of carboxylic acid groups (broad SMARTS) is 1. The molecule has 0 radical (unpaired) electrons. The van der Waals surface area contributed by atoms with Crippen molar-refractivity contribution in [3.8, 4) is 0 Å². The number of aliphatic hydroxyl groups is 2. The molecular weight excluding hydrogens is 198 g/mol. The van der Waals surface area contributed by atoms with E-state index >= 15 is 0 Å². The van der Waals surface area contributed by atoms with Crippen LogP contribution in [-0.4, -0.2) is 46.1 Å². The second kappa shape index (κ2) is 6.05. The number of aliphatic carboxylic acids is 1. The molecule has 0 saturated carbocycles. The highest BCUT2D eigenvalue weighted by molar-refractivity contribution is 5.70. The Morgan fingerprint density at radius 3 is 2.07 bits per heavy atom. The second-order valence-corrected chi connectivity index (χ2v) is 4.01. The van der Waals surface area contributed by atoms with Crippen LogP contribution in [0.25, 0.3) is 0 Å². The van der Waals surface area contributed by atoms with Crippen LogP contribution >= 0.6 is 0 Å². The Labute approximate surface area is 90.1 Å². The summed E-state index contributed by atoms with van der Waals surface area (Å²) >= 11 is 0. The lowest BCUT2D eigenvalue weighted by Crippen LogP contribution is -2.56. The first-order chi connectivity index (χ1) is 6.92. The molecule has 0 aromatic rings. The van der Waals surface area contributed by atoms with Crippen molar-refractivity contribution in [2.75, 3.05) is 13.2 Å². The molecule has 0 amide bonds. The molecule has 0 rings (SSSR count). The molecule has 0 aliphatic rings. The lowest BCUT2D eigenvalue weighted by Gasteiger charge is -2.34. The van der Waals surface area contributed by atoms with Crippen LogP contribution in [0.15, 0.2) is 0 Å². The Morgan fingerprint density at radius 2 is 1.80 bits per heavy atom. The average Bonchev–Trinajstić information content (AvgIpc) is 2.24. The molecule has 5 nitrogen and oxygen atoms in total. The molecule has 15 heavy (non-hydrogen) atoms. The smallest absolute Gasteiger partial charge is 0.307 e. The quantitative estimate of drug-likeness (QED) is 0.477. The van der Waals surface area contributed by atoms with Crippen LogP contribution in [0.1, 0.15) is 27.2 Å². The maximum atomic E-state index is 10.7. The Bertz CT molecular complexity index is 195. The average molecular weight is 219 g/mol. The van der Waals surface area contributed by atoms with E-state index in [9.17, 15) is 15.0 Å². The molecule has 0 heterocycles. The Hall–Kier alpha value is -0.650. The first kappa shape index (κ1) is 14.3. The van der Waals surface area contributed by atoms with Crippen LogP contribution < -0.4 is 5.32 Å². The van der Waals surface area contributed by atoms with Gasteiger partial charge in [-0.15, -0.1) is 0 Å². The molecule has 2 unspecified atom stereocenters. The maximum Gasteiger partial charge on any atom is 0.307 e. The molecule has 0 aromatic heterocycles. The van der Waals surface area contributed by atoms with E-state index in [0.29, 0.717) is 6.42 Å². The first-order valence-corrected chi connectivity index (χ1v) is 5.14. The fourth-order valence-electron chi connectivity index (χ4n) is 1.29. The topological polar surface area (TPSA) is 89.8 Å². The molecule has 0 bridgehead atoms. The molecule has 5 heteroatoms. The summed E-state index contributed by atoms with van der Waals surface area (Å²) in [6, 6.07) is -0.304. The maximum absolute atomic E-state index is 10.7. The number of aliphatic hydroxyl groups excluding tert-OH is 2. The van der Waals surface area contributed by atoms with E-state index < -0.39 is 17.4 Å². The predicted octanol–water partition coefficient (Wildman–Crippen LogP) is -0.181. The molecular formula is C10H21NO4. The number of hydrogen-bond acceptors (Lipinski definition) is 4. The zero-order valence-electron chi connectivity index (χ0n) is 9.53. The van der Waals surface area contributed by atoms with Gasteiger partial charge in [0.05, 0.1) is 24.7 Å². The van der Waals surface area contributed by atoms with Crippen molar-refractivity contribution in [3.05, 3.63) is 0 Å². The zero-order valence-corrected chi connectivity index (χ0v) is 9.53. The monoisotopic (exact) mass is 219 g/mol. The second-order valence-electron chi connectivity index (χ2n) is 4.01. The summed E-state index contributed by atoms with van der Waals surface area (Å²) in [7, 11) is 0. The molecule has 4 N–H and O–H groups in total. The van der Waals surface area contributed by atoms with E-state index in [-0.39, 0.29) is 19.3 Å². The van der Waals surface area contributed by atoms with Gasteiger partial charge in [-0.2, -0.15) is 0 Å². The van der Waals surface area contributed by atoms with Gasteiger partial charge in [-0.05, 0) is 13.3 Å². The molecule has 0 aromatic carbocycles. The highest BCUT2D eigenvalue weighted by Crippen LogP contribution is 2.13. The van der Waals surface area contributed by atoms with E-state index in [0.717, 1.165) is 0 Å². The van der Waals surface area contributed by atoms with Gasteiger partial charge in [0, 0.05) is 6.04 Å². The van der Waals surface area contributed by atoms with Crippen LogP contribution in [0.4, 0.5) is 0 Å². The van der Waals surface area contributed by atoms with Crippen LogP contribution in [0.3, 0.4) is 0 Å². The Morgan fingerprint density at radius 1 is 1.33 bits per heavy atom. The minimum atomic E-state index is -0.893. The minimum Gasteiger partial charge on any atom is -0.481 e. The van der Waals surface area contributed by atoms with E-state index in [1.165, 1.54) is 0 Å². The number of carbonyl (C=O) groups is 1. The third kappa shape index (κ3) is 3.77. The van der Waals surface area contributed by atoms with Gasteiger partial charge < -0.3 is 20.6 Å². The lowest BCUT2D eigenvalue weighted by molar-refractivity contribution is -0.142. The third-order valence-electron chi connectivity index (χ3n) is 2.96. The third-order valence-corrected chi connectivity index (χ3v) is 2.96. The first-order valence-electron chi connectivity index (χ1n) is 5.14. The van der Waals surface area contributed by atoms with Crippen LogP contribution in [0.2, 0.25) is 0 Å². The molecule has 0 fully saturated rings. The lowest BCUT2D eigenvalue weighted by atomic mass is 9.94. The van der Waals surface area contributed by atoms with Gasteiger partial charge in [0.2, 0.25) is 0 Å². The van der Waals surface area contributed by atoms with Gasteiger partial charge in [-0.25, -0.2) is 0 Å². The van der Waals surface area contributed by atoms with Gasteiger partial charge in [-0.3, -0.25) is 4.79 Å². The predicted molar refractivity (Wildman–Crippen MR) is 56.6 cm³/mol. The van der Waals surface area contributed by atoms with Crippen molar-refractivity contribution >= 4 is 5.97 Å². The molecule has 0 aliphatic carbocycles. The van der Waals surface area contributed by atoms with Crippen LogP contribution in [-0.2, 0) is 4.79 Å².